The van der Waals surface area contributed by atoms with Crippen LogP contribution in [0.25, 0.3) is 17.1 Å². The van der Waals surface area contributed by atoms with Crippen LogP contribution >= 0.6 is 11.8 Å². The molecule has 1 atom stereocenters. The first-order chi connectivity index (χ1) is 13.7. The van der Waals surface area contributed by atoms with E-state index >= 15 is 0 Å². The number of nitrogens with zero attached hydrogens (tertiary/aromatic N) is 6. The first-order valence-electron chi connectivity index (χ1n) is 9.08. The largest absolute Gasteiger partial charge is 0.338 e. The smallest absolute Gasteiger partial charge is 0.239 e. The number of benzene rings is 1. The molecule has 0 aliphatic heterocycles. The van der Waals surface area contributed by atoms with Gasteiger partial charge >= 0.3 is 0 Å². The number of pyridine rings is 1. The highest BCUT2D eigenvalue weighted by Gasteiger charge is 2.22. The van der Waals surface area contributed by atoms with Crippen LogP contribution in [0, 0.1) is 6.92 Å². The van der Waals surface area contributed by atoms with E-state index in [2.05, 4.69) is 48.9 Å². The summed E-state index contributed by atoms with van der Waals surface area (Å²) in [4.78, 5) is 8.67. The fourth-order valence-electron chi connectivity index (χ4n) is 2.84. The lowest BCUT2D eigenvalue weighted by molar-refractivity contribution is 0.375. The monoisotopic (exact) mass is 392 g/mol. The van der Waals surface area contributed by atoms with E-state index < -0.39 is 0 Å². The van der Waals surface area contributed by atoms with E-state index in [0.29, 0.717) is 11.7 Å². The third-order valence-corrected chi connectivity index (χ3v) is 5.37. The van der Waals surface area contributed by atoms with Gasteiger partial charge in [0.2, 0.25) is 5.89 Å². The van der Waals surface area contributed by atoms with Gasteiger partial charge in [-0.05, 0) is 37.6 Å². The number of aromatic nitrogens is 6. The molecule has 0 saturated heterocycles. The van der Waals surface area contributed by atoms with Crippen LogP contribution in [0.1, 0.15) is 36.4 Å². The Labute approximate surface area is 167 Å². The van der Waals surface area contributed by atoms with Crippen LogP contribution in [0.2, 0.25) is 0 Å². The van der Waals surface area contributed by atoms with Gasteiger partial charge < -0.3 is 4.52 Å². The Morgan fingerprint density at radius 2 is 2.00 bits per heavy atom. The molecule has 0 saturated carbocycles. The Bertz CT molecular complexity index is 1080. The average Bonchev–Trinajstić information content (AvgIpc) is 3.36. The van der Waals surface area contributed by atoms with E-state index in [9.17, 15) is 0 Å². The van der Waals surface area contributed by atoms with Crippen molar-refractivity contribution in [1.29, 1.82) is 0 Å². The molecule has 8 heteroatoms. The lowest BCUT2D eigenvalue weighted by atomic mass is 10.2. The van der Waals surface area contributed by atoms with Crippen LogP contribution in [-0.4, -0.2) is 29.9 Å². The second-order valence-corrected chi connectivity index (χ2v) is 7.64. The lowest BCUT2D eigenvalue weighted by Gasteiger charge is -2.13. The molecular weight excluding hydrogens is 372 g/mol. The molecule has 28 heavy (non-hydrogen) atoms. The molecule has 0 aliphatic carbocycles. The van der Waals surface area contributed by atoms with E-state index in [1.807, 2.05) is 38.1 Å². The van der Waals surface area contributed by atoms with Gasteiger partial charge in [0, 0.05) is 24.4 Å². The zero-order valence-corrected chi connectivity index (χ0v) is 16.7. The third-order valence-electron chi connectivity index (χ3n) is 4.34. The van der Waals surface area contributed by atoms with Crippen LogP contribution < -0.4 is 0 Å². The van der Waals surface area contributed by atoms with E-state index in [-0.39, 0.29) is 5.25 Å². The lowest BCUT2D eigenvalue weighted by Crippen LogP contribution is -2.03. The van der Waals surface area contributed by atoms with Crippen LogP contribution in [0.5, 0.6) is 0 Å². The Morgan fingerprint density at radius 3 is 2.71 bits per heavy atom. The molecule has 0 fully saturated rings. The van der Waals surface area contributed by atoms with E-state index in [0.717, 1.165) is 34.2 Å². The molecule has 1 aromatic carbocycles. The van der Waals surface area contributed by atoms with E-state index in [1.54, 1.807) is 12.4 Å². The summed E-state index contributed by atoms with van der Waals surface area (Å²) in [5.74, 6) is 2.04. The van der Waals surface area contributed by atoms with Crippen LogP contribution in [-0.2, 0) is 6.42 Å². The molecule has 4 rings (SSSR count). The topological polar surface area (TPSA) is 82.5 Å². The molecule has 0 bridgehead atoms. The van der Waals surface area contributed by atoms with Crippen molar-refractivity contribution in [1.82, 2.24) is 29.9 Å². The molecule has 0 N–H and O–H groups in total. The van der Waals surface area contributed by atoms with Gasteiger partial charge in [-0.3, -0.25) is 9.55 Å². The Morgan fingerprint density at radius 1 is 1.14 bits per heavy atom. The van der Waals surface area contributed by atoms with Gasteiger partial charge in [0.15, 0.2) is 16.8 Å². The molecule has 0 radical (unpaired) electrons. The van der Waals surface area contributed by atoms with Crippen molar-refractivity contribution in [2.75, 3.05) is 0 Å². The number of aryl methyl sites for hydroxylation is 2. The summed E-state index contributed by atoms with van der Waals surface area (Å²) >= 11 is 1.54. The maximum absolute atomic E-state index is 5.40. The Balaban J connectivity index is 1.77. The highest BCUT2D eigenvalue weighted by molar-refractivity contribution is 7.99. The van der Waals surface area contributed by atoms with Gasteiger partial charge in [-0.1, -0.05) is 42.0 Å². The van der Waals surface area contributed by atoms with Gasteiger partial charge in [-0.25, -0.2) is 0 Å². The molecule has 0 spiro atoms. The second-order valence-electron chi connectivity index (χ2n) is 6.33. The fourth-order valence-corrected chi connectivity index (χ4v) is 3.74. The minimum absolute atomic E-state index is 0.0542. The molecule has 3 aromatic heterocycles. The third kappa shape index (κ3) is 3.55. The predicted molar refractivity (Wildman–Crippen MR) is 107 cm³/mol. The average molecular weight is 392 g/mol. The number of hydrogen-bond donors (Lipinski definition) is 0. The van der Waals surface area contributed by atoms with E-state index in [1.165, 1.54) is 11.8 Å². The molecule has 3 heterocycles. The fraction of sp³-hybridized carbons (Fsp3) is 0.250. The minimum Gasteiger partial charge on any atom is -0.338 e. The summed E-state index contributed by atoms with van der Waals surface area (Å²) in [6, 6.07) is 12.0. The molecule has 142 valence electrons. The Hall–Kier alpha value is -3.00. The normalized spacial score (nSPS) is 12.2. The summed E-state index contributed by atoms with van der Waals surface area (Å²) in [5, 5.41) is 13.6. The summed E-state index contributed by atoms with van der Waals surface area (Å²) in [5.41, 5.74) is 3.07. The van der Waals surface area contributed by atoms with Crippen molar-refractivity contribution in [3.8, 4) is 17.1 Å². The predicted octanol–water partition coefficient (Wildman–Crippen LogP) is 4.44. The van der Waals surface area contributed by atoms with Crippen molar-refractivity contribution in [2.24, 2.45) is 0 Å². The first kappa shape index (κ1) is 18.4. The zero-order chi connectivity index (χ0) is 19.5. The van der Waals surface area contributed by atoms with Crippen molar-refractivity contribution in [3.63, 3.8) is 0 Å². The number of rotatable bonds is 6. The summed E-state index contributed by atoms with van der Waals surface area (Å²) in [7, 11) is 0. The van der Waals surface area contributed by atoms with Crippen LogP contribution in [0.15, 0.2) is 58.5 Å². The molecule has 0 amide bonds. The first-order valence-corrected chi connectivity index (χ1v) is 9.96. The number of para-hydroxylation sites is 1. The van der Waals surface area contributed by atoms with Crippen LogP contribution in [0.3, 0.4) is 0 Å². The Kier molecular flexibility index (Phi) is 5.21. The summed E-state index contributed by atoms with van der Waals surface area (Å²) in [6.07, 6.45) is 4.28. The highest BCUT2D eigenvalue weighted by atomic mass is 32.2. The number of hydrogen-bond acceptors (Lipinski definition) is 7. The molecule has 7 nitrogen and oxygen atoms in total. The maximum atomic E-state index is 5.40. The van der Waals surface area contributed by atoms with E-state index in [4.69, 9.17) is 4.52 Å². The van der Waals surface area contributed by atoms with Gasteiger partial charge in [0.25, 0.3) is 0 Å². The standard InChI is InChI=1S/C20H20N6OS/c1-4-17-22-19(27-25-17)14(3)28-20-24-23-18(15-9-7-11-21-12-15)26(20)16-10-6-5-8-13(16)2/h5-12,14H,4H2,1-3H3. The van der Waals surface area contributed by atoms with Crippen LogP contribution in [0.4, 0.5) is 0 Å². The van der Waals surface area contributed by atoms with Gasteiger partial charge in [0.05, 0.1) is 10.9 Å². The van der Waals surface area contributed by atoms with Crippen molar-refractivity contribution >= 4 is 11.8 Å². The summed E-state index contributed by atoms with van der Waals surface area (Å²) < 4.78 is 7.46. The SMILES string of the molecule is CCc1noc(C(C)Sc2nnc(-c3cccnc3)n2-c2ccccc2C)n1. The van der Waals surface area contributed by atoms with Crippen molar-refractivity contribution in [2.45, 2.75) is 37.6 Å². The number of thioether (sulfide) groups is 1. The highest BCUT2D eigenvalue weighted by Crippen LogP contribution is 2.36. The van der Waals surface area contributed by atoms with Crippen molar-refractivity contribution < 1.29 is 4.52 Å². The molecular formula is C20H20N6OS. The zero-order valence-electron chi connectivity index (χ0n) is 15.9. The summed E-state index contributed by atoms with van der Waals surface area (Å²) in [6.45, 7) is 6.10. The van der Waals surface area contributed by atoms with Gasteiger partial charge in [-0.15, -0.1) is 10.2 Å². The van der Waals surface area contributed by atoms with Gasteiger partial charge in [0.1, 0.15) is 0 Å². The molecule has 1 unspecified atom stereocenters. The maximum Gasteiger partial charge on any atom is 0.239 e. The molecule has 0 aliphatic rings. The minimum atomic E-state index is -0.0542. The van der Waals surface area contributed by atoms with Crippen molar-refractivity contribution in [3.05, 3.63) is 66.1 Å². The quantitative estimate of drug-likeness (QED) is 0.449. The molecule has 4 aromatic rings. The van der Waals surface area contributed by atoms with Gasteiger partial charge in [-0.2, -0.15) is 4.98 Å². The second kappa shape index (κ2) is 7.93.